The van der Waals surface area contributed by atoms with Gasteiger partial charge in [0.2, 0.25) is 0 Å². The van der Waals surface area contributed by atoms with Gasteiger partial charge in [-0.15, -0.1) is 0 Å². The van der Waals surface area contributed by atoms with Crippen molar-refractivity contribution in [2.75, 3.05) is 13.6 Å². The fraction of sp³-hybridized carbons (Fsp3) is 0.250. The quantitative estimate of drug-likeness (QED) is 0.853. The molecule has 22 heavy (non-hydrogen) atoms. The van der Waals surface area contributed by atoms with E-state index >= 15 is 0 Å². The summed E-state index contributed by atoms with van der Waals surface area (Å²) in [5.74, 6) is 0. The van der Waals surface area contributed by atoms with Gasteiger partial charge < -0.3 is 5.32 Å². The van der Waals surface area contributed by atoms with Crippen molar-refractivity contribution in [2.45, 2.75) is 19.4 Å². The molecular weight excluding hydrogens is 268 g/mol. The van der Waals surface area contributed by atoms with Gasteiger partial charge in [0.1, 0.15) is 0 Å². The van der Waals surface area contributed by atoms with Crippen LogP contribution in [0.4, 0.5) is 0 Å². The lowest BCUT2D eigenvalue weighted by molar-refractivity contribution is 0.681. The molecule has 2 aromatic rings. The largest absolute Gasteiger partial charge is 0.313 e. The van der Waals surface area contributed by atoms with Crippen molar-refractivity contribution in [3.05, 3.63) is 76.9 Å². The maximum absolute atomic E-state index is 4.46. The van der Waals surface area contributed by atoms with Crippen LogP contribution in [-0.2, 0) is 13.0 Å². The minimum absolute atomic E-state index is 0.961. The van der Waals surface area contributed by atoms with Crippen molar-refractivity contribution < 1.29 is 0 Å². The molecule has 3 rings (SSSR count). The van der Waals surface area contributed by atoms with Crippen LogP contribution in [0.2, 0.25) is 0 Å². The molecule has 0 aromatic heterocycles. The van der Waals surface area contributed by atoms with E-state index in [1.165, 1.54) is 35.1 Å². The van der Waals surface area contributed by atoms with Gasteiger partial charge in [0.05, 0.1) is 5.71 Å². The summed E-state index contributed by atoms with van der Waals surface area (Å²) in [7, 11) is 1.86. The van der Waals surface area contributed by atoms with E-state index in [-0.39, 0.29) is 0 Å². The summed E-state index contributed by atoms with van der Waals surface area (Å²) in [5.41, 5.74) is 6.29. The van der Waals surface area contributed by atoms with E-state index in [4.69, 9.17) is 0 Å². The van der Waals surface area contributed by atoms with Crippen LogP contribution in [0.1, 0.15) is 28.7 Å². The Morgan fingerprint density at radius 2 is 1.95 bits per heavy atom. The van der Waals surface area contributed by atoms with Gasteiger partial charge in [-0.25, -0.2) is 0 Å². The molecule has 1 N–H and O–H groups in total. The third kappa shape index (κ3) is 3.52. The zero-order valence-corrected chi connectivity index (χ0v) is 13.0. The topological polar surface area (TPSA) is 24.4 Å². The van der Waals surface area contributed by atoms with Gasteiger partial charge in [-0.05, 0) is 53.8 Å². The van der Waals surface area contributed by atoms with E-state index in [0.717, 1.165) is 18.8 Å². The summed E-state index contributed by atoms with van der Waals surface area (Å²) in [6.07, 6.45) is 6.60. The Morgan fingerprint density at radius 1 is 1.09 bits per heavy atom. The van der Waals surface area contributed by atoms with Crippen molar-refractivity contribution in [2.24, 2.45) is 4.99 Å². The molecule has 0 aliphatic carbocycles. The van der Waals surface area contributed by atoms with Crippen LogP contribution in [0.3, 0.4) is 0 Å². The molecule has 0 saturated carbocycles. The number of nitrogens with one attached hydrogen (secondary N) is 1. The zero-order chi connectivity index (χ0) is 15.2. The first-order chi connectivity index (χ1) is 10.9. The molecule has 0 amide bonds. The first-order valence-electron chi connectivity index (χ1n) is 7.89. The second-order valence-corrected chi connectivity index (χ2v) is 5.62. The molecule has 0 fully saturated rings. The van der Waals surface area contributed by atoms with Crippen LogP contribution in [-0.4, -0.2) is 19.3 Å². The highest BCUT2D eigenvalue weighted by Crippen LogP contribution is 2.17. The van der Waals surface area contributed by atoms with Crippen LogP contribution in [0.5, 0.6) is 0 Å². The number of aryl methyl sites for hydroxylation is 1. The second kappa shape index (κ2) is 7.19. The highest BCUT2D eigenvalue weighted by atomic mass is 14.8. The Labute approximate surface area is 132 Å². The molecule has 1 aliphatic heterocycles. The van der Waals surface area contributed by atoms with Gasteiger partial charge in [0.15, 0.2) is 0 Å². The first-order valence-corrected chi connectivity index (χ1v) is 7.89. The van der Waals surface area contributed by atoms with Crippen LogP contribution >= 0.6 is 0 Å². The number of rotatable bonds is 3. The Balaban J connectivity index is 1.85. The molecule has 2 heteroatoms. The summed E-state index contributed by atoms with van der Waals surface area (Å²) >= 11 is 0. The summed E-state index contributed by atoms with van der Waals surface area (Å²) in [6.45, 7) is 2.06. The maximum Gasteiger partial charge on any atom is 0.0643 e. The number of allylic oxidation sites excluding steroid dienone is 1. The Kier molecular flexibility index (Phi) is 4.81. The smallest absolute Gasteiger partial charge is 0.0643 e. The molecule has 1 heterocycles. The third-order valence-electron chi connectivity index (χ3n) is 4.09. The lowest BCUT2D eigenvalue weighted by Gasteiger charge is -2.09. The highest BCUT2D eigenvalue weighted by molar-refractivity contribution is 6.10. The molecule has 0 saturated heterocycles. The minimum atomic E-state index is 0.961. The van der Waals surface area contributed by atoms with E-state index in [0.29, 0.717) is 0 Å². The average molecular weight is 290 g/mol. The predicted molar refractivity (Wildman–Crippen MR) is 94.4 cm³/mol. The van der Waals surface area contributed by atoms with Gasteiger partial charge in [-0.1, -0.05) is 48.5 Å². The second-order valence-electron chi connectivity index (χ2n) is 5.62. The van der Waals surface area contributed by atoms with E-state index < -0.39 is 0 Å². The van der Waals surface area contributed by atoms with Crippen LogP contribution in [0.25, 0.3) is 6.08 Å². The molecule has 0 atom stereocenters. The van der Waals surface area contributed by atoms with Crippen LogP contribution < -0.4 is 5.32 Å². The van der Waals surface area contributed by atoms with Crippen molar-refractivity contribution in [3.63, 3.8) is 0 Å². The van der Waals surface area contributed by atoms with E-state index in [1.54, 1.807) is 0 Å². The molecule has 112 valence electrons. The van der Waals surface area contributed by atoms with Gasteiger partial charge in [0, 0.05) is 13.6 Å². The van der Waals surface area contributed by atoms with Gasteiger partial charge in [-0.2, -0.15) is 0 Å². The molecule has 0 radical (unpaired) electrons. The van der Waals surface area contributed by atoms with Crippen molar-refractivity contribution in [3.8, 4) is 0 Å². The van der Waals surface area contributed by atoms with Crippen LogP contribution in [0, 0.1) is 0 Å². The van der Waals surface area contributed by atoms with Crippen LogP contribution in [0.15, 0.2) is 59.6 Å². The molecule has 0 spiro atoms. The number of hydrogen-bond donors (Lipinski definition) is 1. The molecule has 0 unspecified atom stereocenters. The number of nitrogens with zero attached hydrogens (tertiary/aromatic N) is 1. The van der Waals surface area contributed by atoms with Crippen molar-refractivity contribution >= 4 is 11.8 Å². The van der Waals surface area contributed by atoms with Crippen molar-refractivity contribution in [1.82, 2.24) is 5.32 Å². The Bertz CT molecular complexity index is 684. The summed E-state index contributed by atoms with van der Waals surface area (Å²) in [6, 6.07) is 17.1. The monoisotopic (exact) mass is 290 g/mol. The predicted octanol–water partition coefficient (Wildman–Crippen LogP) is 3.85. The van der Waals surface area contributed by atoms with Gasteiger partial charge in [-0.3, -0.25) is 4.99 Å². The number of benzene rings is 2. The van der Waals surface area contributed by atoms with E-state index in [1.807, 2.05) is 13.1 Å². The number of hydrogen-bond acceptors (Lipinski definition) is 2. The molecule has 0 bridgehead atoms. The SMILES string of the molecule is CN=C(/C=C/c1ccccc1)c1ccc2c(c1)CNCCC2. The van der Waals surface area contributed by atoms with E-state index in [9.17, 15) is 0 Å². The Morgan fingerprint density at radius 3 is 2.77 bits per heavy atom. The highest BCUT2D eigenvalue weighted by Gasteiger charge is 2.09. The average Bonchev–Trinajstić information content (AvgIpc) is 2.81. The minimum Gasteiger partial charge on any atom is -0.313 e. The zero-order valence-electron chi connectivity index (χ0n) is 13.0. The molecule has 1 aliphatic rings. The standard InChI is InChI=1S/C20H22N2/c1-21-20(12-9-16-6-3-2-4-7-16)18-11-10-17-8-5-13-22-15-19(17)14-18/h2-4,6-7,9-12,14,22H,5,8,13,15H2,1H3/b12-9+,21-20?. The molecular formula is C20H22N2. The first kappa shape index (κ1) is 14.7. The van der Waals surface area contributed by atoms with Gasteiger partial charge >= 0.3 is 0 Å². The third-order valence-corrected chi connectivity index (χ3v) is 4.09. The molecule has 2 aromatic carbocycles. The summed E-state index contributed by atoms with van der Waals surface area (Å²) in [5, 5.41) is 3.49. The molecule has 2 nitrogen and oxygen atoms in total. The normalized spacial score (nSPS) is 15.6. The fourth-order valence-corrected chi connectivity index (χ4v) is 2.86. The van der Waals surface area contributed by atoms with Crippen molar-refractivity contribution in [1.29, 1.82) is 0 Å². The maximum atomic E-state index is 4.46. The summed E-state index contributed by atoms with van der Waals surface area (Å²) in [4.78, 5) is 4.46. The lowest BCUT2D eigenvalue weighted by Crippen LogP contribution is -2.12. The fourth-order valence-electron chi connectivity index (χ4n) is 2.86. The lowest BCUT2D eigenvalue weighted by atomic mass is 9.98. The number of aliphatic imine (C=N–C) groups is 1. The van der Waals surface area contributed by atoms with E-state index in [2.05, 4.69) is 64.9 Å². The number of fused-ring (bicyclic) bond motifs is 1. The summed E-state index contributed by atoms with van der Waals surface area (Å²) < 4.78 is 0. The van der Waals surface area contributed by atoms with Gasteiger partial charge in [0.25, 0.3) is 0 Å². The Hall–Kier alpha value is -2.19.